The van der Waals surface area contributed by atoms with Crippen molar-refractivity contribution in [1.29, 1.82) is 0 Å². The van der Waals surface area contributed by atoms with Gasteiger partial charge in [-0.05, 0) is 0 Å². The van der Waals surface area contributed by atoms with Crippen LogP contribution < -0.4 is 0 Å². The minimum Gasteiger partial charge on any atom is -0.345 e. The fourth-order valence-electron chi connectivity index (χ4n) is 0.563. The lowest BCUT2D eigenvalue weighted by atomic mass is 10.4. The van der Waals surface area contributed by atoms with Crippen LogP contribution in [0.5, 0.6) is 0 Å². The van der Waals surface area contributed by atoms with E-state index in [1.165, 1.54) is 6.26 Å². The van der Waals surface area contributed by atoms with Crippen molar-refractivity contribution in [2.45, 2.75) is 0 Å². The van der Waals surface area contributed by atoms with Crippen LogP contribution in [-0.2, 0) is 0 Å². The van der Waals surface area contributed by atoms with Crippen molar-refractivity contribution >= 4 is 0 Å². The van der Waals surface area contributed by atoms with Crippen molar-refractivity contribution in [2.75, 3.05) is 0 Å². The minimum atomic E-state index is 0.546. The fraction of sp³-hybridized carbons (Fsp3) is 0. The molecule has 0 aliphatic carbocycles. The lowest BCUT2D eigenvalue weighted by Crippen LogP contribution is -1.76. The predicted molar refractivity (Wildman–Crippen MR) is 28.5 cm³/mol. The van der Waals surface area contributed by atoms with E-state index in [1.54, 1.807) is 0 Å². The summed E-state index contributed by atoms with van der Waals surface area (Å²) in [6.45, 7) is 0. The third-order valence-electron chi connectivity index (χ3n) is 0.990. The Hall–Kier alpha value is -1.72. The molecule has 0 fully saturated rings. The van der Waals surface area contributed by atoms with Gasteiger partial charge in [0.1, 0.15) is 11.9 Å². The molecule has 1 N–H and O–H groups in total. The number of nitrogens with one attached hydrogen (secondary N) is 1. The summed E-state index contributed by atoms with van der Waals surface area (Å²) in [6.07, 6.45) is 3.94. The summed E-state index contributed by atoms with van der Waals surface area (Å²) in [5.74, 6) is 0. The Morgan fingerprint density at radius 2 is 2.60 bits per heavy atom. The van der Waals surface area contributed by atoms with E-state index in [-0.39, 0.29) is 0 Å². The van der Waals surface area contributed by atoms with Gasteiger partial charge in [-0.1, -0.05) is 5.21 Å². The molecular formula is C4H2N5O. The van der Waals surface area contributed by atoms with Crippen LogP contribution in [0.4, 0.5) is 0 Å². The summed E-state index contributed by atoms with van der Waals surface area (Å²) in [4.78, 5) is 0. The lowest BCUT2D eigenvalue weighted by Gasteiger charge is -1.77. The van der Waals surface area contributed by atoms with Gasteiger partial charge in [0.2, 0.25) is 0 Å². The highest BCUT2D eigenvalue weighted by molar-refractivity contribution is 5.47. The number of rotatable bonds is 1. The van der Waals surface area contributed by atoms with Gasteiger partial charge >= 0.3 is 0 Å². The van der Waals surface area contributed by atoms with Crippen LogP contribution in [-0.4, -0.2) is 25.8 Å². The second-order valence-electron chi connectivity index (χ2n) is 1.59. The average Bonchev–Trinajstić information content (AvgIpc) is 2.59. The summed E-state index contributed by atoms with van der Waals surface area (Å²) < 4.78 is 4.48. The summed E-state index contributed by atoms with van der Waals surface area (Å²) >= 11 is 0. The zero-order valence-electron chi connectivity index (χ0n) is 4.77. The molecule has 0 bridgehead atoms. The van der Waals surface area contributed by atoms with Crippen molar-refractivity contribution in [3.8, 4) is 11.4 Å². The van der Waals surface area contributed by atoms with Gasteiger partial charge in [-0.15, -0.1) is 10.2 Å². The van der Waals surface area contributed by atoms with Crippen LogP contribution >= 0.6 is 0 Å². The monoisotopic (exact) mass is 136 g/mol. The zero-order valence-corrected chi connectivity index (χ0v) is 4.77. The van der Waals surface area contributed by atoms with Crippen LogP contribution in [0.15, 0.2) is 10.8 Å². The molecule has 0 saturated carbocycles. The molecular weight excluding hydrogens is 134 g/mol. The van der Waals surface area contributed by atoms with E-state index in [0.717, 1.165) is 0 Å². The number of nitrogens with zero attached hydrogens (tertiary/aromatic N) is 4. The van der Waals surface area contributed by atoms with Gasteiger partial charge < -0.3 is 4.52 Å². The summed E-state index contributed by atoms with van der Waals surface area (Å²) in [5.41, 5.74) is 1.12. The zero-order chi connectivity index (χ0) is 6.81. The molecule has 49 valence electrons. The summed E-state index contributed by atoms with van der Waals surface area (Å²) in [6, 6.07) is 0. The van der Waals surface area contributed by atoms with Gasteiger partial charge in [-0.25, -0.2) is 0 Å². The minimum absolute atomic E-state index is 0.546. The Balaban J connectivity index is 2.48. The second-order valence-corrected chi connectivity index (χ2v) is 1.59. The van der Waals surface area contributed by atoms with Crippen LogP contribution in [0, 0.1) is 6.20 Å². The Bertz CT molecular complexity index is 253. The summed E-state index contributed by atoms with van der Waals surface area (Å²) in [5, 5.41) is 16.3. The molecule has 2 rings (SSSR count). The van der Waals surface area contributed by atoms with E-state index in [0.29, 0.717) is 11.4 Å². The molecule has 0 unspecified atom stereocenters. The van der Waals surface area contributed by atoms with E-state index in [1.807, 2.05) is 0 Å². The van der Waals surface area contributed by atoms with Crippen molar-refractivity contribution in [3.05, 3.63) is 12.5 Å². The molecule has 1 radical (unpaired) electrons. The molecule has 0 saturated heterocycles. The number of hydrogen-bond donors (Lipinski definition) is 1. The standard InChI is InChI=1S/C4H2N5O/c1-3(6-8-5-1)4-2-10-9-7-4/h2H,(H,5,6,8). The maximum absolute atomic E-state index is 4.48. The van der Waals surface area contributed by atoms with Crippen molar-refractivity contribution in [2.24, 2.45) is 0 Å². The normalized spacial score (nSPS) is 10.0. The SMILES string of the molecule is [c]1nn[nH]c1-c1conn1. The molecule has 0 aliphatic rings. The van der Waals surface area contributed by atoms with Crippen LogP contribution in [0.1, 0.15) is 0 Å². The maximum Gasteiger partial charge on any atom is 0.154 e. The molecule has 2 heterocycles. The van der Waals surface area contributed by atoms with Gasteiger partial charge in [-0.3, -0.25) is 5.10 Å². The Labute approximate surface area is 55.2 Å². The van der Waals surface area contributed by atoms with E-state index in [2.05, 4.69) is 36.5 Å². The van der Waals surface area contributed by atoms with Crippen LogP contribution in [0.3, 0.4) is 0 Å². The fourth-order valence-corrected chi connectivity index (χ4v) is 0.563. The largest absolute Gasteiger partial charge is 0.345 e. The highest BCUT2D eigenvalue weighted by atomic mass is 16.5. The van der Waals surface area contributed by atoms with E-state index < -0.39 is 0 Å². The first kappa shape index (κ1) is 5.10. The molecule has 0 amide bonds. The van der Waals surface area contributed by atoms with E-state index in [4.69, 9.17) is 0 Å². The molecule has 0 aromatic carbocycles. The summed E-state index contributed by atoms with van der Waals surface area (Å²) in [7, 11) is 0. The van der Waals surface area contributed by atoms with Crippen molar-refractivity contribution < 1.29 is 4.52 Å². The van der Waals surface area contributed by atoms with Crippen molar-refractivity contribution in [3.63, 3.8) is 0 Å². The van der Waals surface area contributed by atoms with Crippen LogP contribution in [0.25, 0.3) is 11.4 Å². The highest BCUT2D eigenvalue weighted by Gasteiger charge is 2.02. The molecule has 6 heteroatoms. The molecule has 0 atom stereocenters. The van der Waals surface area contributed by atoms with Gasteiger partial charge in [0.15, 0.2) is 12.0 Å². The van der Waals surface area contributed by atoms with Gasteiger partial charge in [0.25, 0.3) is 0 Å². The second kappa shape index (κ2) is 1.90. The number of hydrogen-bond acceptors (Lipinski definition) is 5. The first-order valence-corrected chi connectivity index (χ1v) is 2.53. The number of aromatic nitrogens is 5. The highest BCUT2D eigenvalue weighted by Crippen LogP contribution is 2.07. The van der Waals surface area contributed by atoms with Gasteiger partial charge in [-0.2, -0.15) is 0 Å². The molecule has 10 heavy (non-hydrogen) atoms. The average molecular weight is 136 g/mol. The van der Waals surface area contributed by atoms with Crippen molar-refractivity contribution in [1.82, 2.24) is 25.8 Å². The van der Waals surface area contributed by atoms with E-state index in [9.17, 15) is 0 Å². The van der Waals surface area contributed by atoms with Crippen LogP contribution in [0.2, 0.25) is 0 Å². The quantitative estimate of drug-likeness (QED) is 0.579. The number of aromatic amines is 1. The third-order valence-corrected chi connectivity index (χ3v) is 0.990. The first-order valence-electron chi connectivity index (χ1n) is 2.53. The Morgan fingerprint density at radius 1 is 1.60 bits per heavy atom. The molecule has 0 aliphatic heterocycles. The van der Waals surface area contributed by atoms with Gasteiger partial charge in [0.05, 0.1) is 0 Å². The topological polar surface area (TPSA) is 80.5 Å². The van der Waals surface area contributed by atoms with E-state index >= 15 is 0 Å². The molecule has 0 spiro atoms. The third kappa shape index (κ3) is 0.661. The first-order chi connectivity index (χ1) is 4.97. The molecule has 6 nitrogen and oxygen atoms in total. The van der Waals surface area contributed by atoms with Gasteiger partial charge in [0, 0.05) is 5.27 Å². The molecule has 2 aromatic heterocycles. The predicted octanol–water partition coefficient (Wildman–Crippen LogP) is -0.345. The smallest absolute Gasteiger partial charge is 0.154 e. The number of H-pyrrole nitrogens is 1. The maximum atomic E-state index is 4.48. The Kier molecular flexibility index (Phi) is 0.970. The molecule has 2 aromatic rings. The lowest BCUT2D eigenvalue weighted by molar-refractivity contribution is 0.393. The Morgan fingerprint density at radius 3 is 3.20 bits per heavy atom.